The fraction of sp³-hybridized carbons (Fsp3) is 0.140. The van der Waals surface area contributed by atoms with Gasteiger partial charge in [-0.15, -0.1) is 0 Å². The number of rotatable bonds is 8. The van der Waals surface area contributed by atoms with Crippen molar-refractivity contribution in [2.75, 3.05) is 0 Å². The fourth-order valence-corrected chi connectivity index (χ4v) is 6.57. The van der Waals surface area contributed by atoms with Crippen LogP contribution in [0.5, 0.6) is 0 Å². The molecule has 3 radical (unpaired) electrons. The maximum absolute atomic E-state index is 16.1. The molecule has 0 bridgehead atoms. The van der Waals surface area contributed by atoms with E-state index in [9.17, 15) is 13.2 Å². The number of aliphatic imine (C=N–C) groups is 1. The van der Waals surface area contributed by atoms with E-state index in [1.54, 1.807) is 27.7 Å². The summed E-state index contributed by atoms with van der Waals surface area (Å²) in [6.07, 6.45) is 4.37. The van der Waals surface area contributed by atoms with Crippen LogP contribution in [-0.4, -0.2) is 17.2 Å². The van der Waals surface area contributed by atoms with E-state index >= 15 is 52.7 Å². The van der Waals surface area contributed by atoms with Crippen molar-refractivity contribution in [2.24, 2.45) is 4.99 Å². The molecule has 20 heteroatoms. The molecule has 6 rings (SSSR count). The second-order valence-corrected chi connectivity index (χ2v) is 14.1. The molecule has 0 aliphatic heterocycles. The molecule has 1 aromatic heterocycles. The summed E-state index contributed by atoms with van der Waals surface area (Å²) in [6, 6.07) is 7.59. The van der Waals surface area contributed by atoms with E-state index in [1.807, 2.05) is 30.7 Å². The zero-order valence-electron chi connectivity index (χ0n) is 32.7. The van der Waals surface area contributed by atoms with E-state index in [0.29, 0.717) is 0 Å². The molecule has 0 atom stereocenters. The number of pyridine rings is 1. The zero-order valence-corrected chi connectivity index (χ0v) is 33.6. The van der Waals surface area contributed by atoms with Crippen LogP contribution in [0.25, 0.3) is 0 Å². The van der Waals surface area contributed by atoms with Crippen molar-refractivity contribution in [2.45, 2.75) is 39.5 Å². The van der Waals surface area contributed by atoms with Crippen molar-refractivity contribution in [3.8, 4) is 0 Å². The third-order valence-corrected chi connectivity index (χ3v) is 9.52. The molecule has 333 valence electrons. The first-order valence-corrected chi connectivity index (χ1v) is 18.0. The average Bonchev–Trinajstić information content (AvgIpc) is 3.25. The predicted molar refractivity (Wildman–Crippen MR) is 201 cm³/mol. The van der Waals surface area contributed by atoms with Gasteiger partial charge >= 0.3 is 16.5 Å². The van der Waals surface area contributed by atoms with Gasteiger partial charge in [-0.3, -0.25) is 4.98 Å². The SMILES string of the molecule is CC(C)c1cccc(C(C)C)c1N=C(O[B-](c1c(F)c(F)c(F)c(F)c1F)(c1c(F)c(F)c(F)c(F)c1F)c1c(F)c(F)c(F)c(F)c1F)c1ccccn1.[CH2][C]1[CH]C=CC=C1.[Ni+2]. The van der Waals surface area contributed by atoms with E-state index in [1.165, 1.54) is 24.3 Å². The normalized spacial score (nSPS) is 13.1. The molecule has 0 amide bonds. The largest absolute Gasteiger partial charge is 2.00 e. The Morgan fingerprint density at radius 2 is 0.905 bits per heavy atom. The first-order valence-electron chi connectivity index (χ1n) is 18.0. The van der Waals surface area contributed by atoms with Crippen LogP contribution >= 0.6 is 0 Å². The summed E-state index contributed by atoms with van der Waals surface area (Å²) in [6.45, 7) is 10.1. The van der Waals surface area contributed by atoms with E-state index in [0.717, 1.165) is 24.2 Å². The summed E-state index contributed by atoms with van der Waals surface area (Å²) in [4.78, 5) is 8.06. The smallest absolute Gasteiger partial charge is 0.687 e. The van der Waals surface area contributed by atoms with Crippen molar-refractivity contribution < 1.29 is 87.0 Å². The summed E-state index contributed by atoms with van der Waals surface area (Å²) < 4.78 is 236. The van der Waals surface area contributed by atoms with Crippen LogP contribution in [0, 0.1) is 107 Å². The number of hydrogen-bond donors (Lipinski definition) is 0. The van der Waals surface area contributed by atoms with Crippen LogP contribution in [0.15, 0.2) is 71.9 Å². The number of halogens is 15. The van der Waals surface area contributed by atoms with E-state index < -0.39 is 133 Å². The van der Waals surface area contributed by atoms with Crippen LogP contribution in [-0.2, 0) is 21.1 Å². The molecule has 0 N–H and O–H groups in total. The molecule has 0 fully saturated rings. The van der Waals surface area contributed by atoms with Gasteiger partial charge in [-0.1, -0.05) is 92.7 Å². The Morgan fingerprint density at radius 3 is 1.19 bits per heavy atom. The number of benzene rings is 4. The Kier molecular flexibility index (Phi) is 15.8. The first kappa shape index (κ1) is 50.1. The Balaban J connectivity index is 0.000000990. The van der Waals surface area contributed by atoms with Gasteiger partial charge in [-0.25, -0.2) is 70.8 Å². The minimum absolute atomic E-state index is 0. The number of aromatic nitrogens is 1. The van der Waals surface area contributed by atoms with E-state index in [2.05, 4.69) is 16.9 Å². The second-order valence-electron chi connectivity index (χ2n) is 14.1. The Hall–Kier alpha value is -5.51. The summed E-state index contributed by atoms with van der Waals surface area (Å²) in [7, 11) is 0. The first-order chi connectivity index (χ1) is 29.1. The minimum atomic E-state index is -6.42. The van der Waals surface area contributed by atoms with E-state index in [4.69, 9.17) is 4.65 Å². The molecule has 63 heavy (non-hydrogen) atoms. The molecule has 0 saturated heterocycles. The van der Waals surface area contributed by atoms with Crippen molar-refractivity contribution in [3.05, 3.63) is 190 Å². The number of allylic oxidation sites excluding steroid dienone is 4. The molecule has 3 nitrogen and oxygen atoms in total. The molecule has 5 aromatic rings. The van der Waals surface area contributed by atoms with Crippen LogP contribution in [0.4, 0.5) is 71.5 Å². The third-order valence-electron chi connectivity index (χ3n) is 9.52. The van der Waals surface area contributed by atoms with Gasteiger partial charge in [0.15, 0.2) is 58.3 Å². The monoisotopic (exact) mass is 942 g/mol. The Bertz CT molecular complexity index is 2360. The standard InChI is InChI=1S/C36H21BF15N2O.C7H7.Ni/c1-12(2)14-8-7-9-15(13(3)4)35(14)54-36(16-10-5-6-11-53-16)55-37(17-20(38)26(44)32(50)27(45)21(17)39,18-22(40)28(46)33(51)29(47)23(18)41)19-24(42)30(48)34(52)31(49)25(19)43;1-7-5-3-2-4-6-7;/h5-13H,1-4H3;2-6H,1H2;/q-1;;+2. The molecule has 1 heterocycles. The Morgan fingerprint density at radius 1 is 0.524 bits per heavy atom. The second kappa shape index (κ2) is 19.9. The summed E-state index contributed by atoms with van der Waals surface area (Å²) in [5, 5.41) is 0. The maximum atomic E-state index is 16.1. The van der Waals surface area contributed by atoms with Crippen LogP contribution in [0.2, 0.25) is 0 Å². The molecule has 0 saturated carbocycles. The maximum Gasteiger partial charge on any atom is 2.00 e. The molecule has 0 unspecified atom stereocenters. The van der Waals surface area contributed by atoms with Gasteiger partial charge < -0.3 is 4.65 Å². The minimum Gasteiger partial charge on any atom is -0.687 e. The predicted octanol–water partition coefficient (Wildman–Crippen LogP) is 10.9. The number of hydrogen-bond acceptors (Lipinski definition) is 3. The molecular formula is C43H28BF15N2NiO+. The number of nitrogens with zero attached hydrogens (tertiary/aromatic N) is 2. The zero-order chi connectivity index (χ0) is 46.1. The Labute approximate surface area is 360 Å². The molecule has 1 aliphatic carbocycles. The fourth-order valence-electron chi connectivity index (χ4n) is 6.57. The van der Waals surface area contributed by atoms with Gasteiger partial charge in [0.05, 0.1) is 5.69 Å². The van der Waals surface area contributed by atoms with Gasteiger partial charge in [0, 0.05) is 12.1 Å². The molecule has 0 spiro atoms. The van der Waals surface area contributed by atoms with Crippen LogP contribution < -0.4 is 16.4 Å². The number of para-hydroxylation sites is 1. The summed E-state index contributed by atoms with van der Waals surface area (Å²) in [5.74, 6) is -48.8. The van der Waals surface area contributed by atoms with Gasteiger partial charge in [-0.2, -0.15) is 0 Å². The van der Waals surface area contributed by atoms with E-state index in [-0.39, 0.29) is 33.3 Å². The van der Waals surface area contributed by atoms with Crippen LogP contribution in [0.1, 0.15) is 56.4 Å². The van der Waals surface area contributed by atoms with Crippen molar-refractivity contribution >= 4 is 34.3 Å². The molecule has 1 aliphatic rings. The average molecular weight is 943 g/mol. The van der Waals surface area contributed by atoms with Gasteiger partial charge in [0.25, 0.3) is 6.35 Å². The summed E-state index contributed by atoms with van der Waals surface area (Å²) >= 11 is 0. The molecule has 4 aromatic carbocycles. The summed E-state index contributed by atoms with van der Waals surface area (Å²) in [5.41, 5.74) is -9.30. The van der Waals surface area contributed by atoms with Gasteiger partial charge in [-0.05, 0) is 48.4 Å². The van der Waals surface area contributed by atoms with Gasteiger partial charge in [0.1, 0.15) is 40.6 Å². The van der Waals surface area contributed by atoms with Crippen molar-refractivity contribution in [1.29, 1.82) is 0 Å². The van der Waals surface area contributed by atoms with Gasteiger partial charge in [0.2, 0.25) is 0 Å². The third kappa shape index (κ3) is 9.14. The van der Waals surface area contributed by atoms with Crippen molar-refractivity contribution in [1.82, 2.24) is 4.98 Å². The quantitative estimate of drug-likeness (QED) is 0.0388. The topological polar surface area (TPSA) is 34.5 Å². The van der Waals surface area contributed by atoms with Crippen molar-refractivity contribution in [3.63, 3.8) is 0 Å². The molecular weight excluding hydrogens is 915 g/mol. The van der Waals surface area contributed by atoms with Crippen LogP contribution in [0.3, 0.4) is 0 Å².